The summed E-state index contributed by atoms with van der Waals surface area (Å²) in [5, 5.41) is 3.09. The highest BCUT2D eigenvalue weighted by Crippen LogP contribution is 2.21. The van der Waals surface area contributed by atoms with Gasteiger partial charge in [0.15, 0.2) is 0 Å². The van der Waals surface area contributed by atoms with Gasteiger partial charge in [0.05, 0.1) is 33.7 Å². The predicted molar refractivity (Wildman–Crippen MR) is 144 cm³/mol. The monoisotopic (exact) mass is 460 g/mol. The average molecular weight is 461 g/mol. The van der Waals surface area contributed by atoms with Crippen LogP contribution in [0.1, 0.15) is 82.1 Å². The molecule has 1 rings (SSSR count). The van der Waals surface area contributed by atoms with Crippen molar-refractivity contribution < 1.29 is 9.28 Å². The summed E-state index contributed by atoms with van der Waals surface area (Å²) in [6, 6.07) is 8.24. The van der Waals surface area contributed by atoms with Gasteiger partial charge in [0.25, 0.3) is 5.91 Å². The zero-order valence-corrected chi connectivity index (χ0v) is 23.1. The van der Waals surface area contributed by atoms with Crippen LogP contribution >= 0.6 is 0 Å². The van der Waals surface area contributed by atoms with Crippen molar-refractivity contribution in [3.05, 3.63) is 35.4 Å². The van der Waals surface area contributed by atoms with Gasteiger partial charge < -0.3 is 14.7 Å². The Morgan fingerprint density at radius 2 is 1.45 bits per heavy atom. The quantitative estimate of drug-likeness (QED) is 0.295. The molecule has 4 nitrogen and oxygen atoms in total. The Balaban J connectivity index is 2.31. The summed E-state index contributed by atoms with van der Waals surface area (Å²) in [7, 11) is 8.64. The minimum Gasteiger partial charge on any atom is -0.346 e. The van der Waals surface area contributed by atoms with Crippen LogP contribution in [-0.2, 0) is 6.42 Å². The second-order valence-electron chi connectivity index (χ2n) is 11.8. The molecule has 1 N–H and O–H groups in total. The van der Waals surface area contributed by atoms with Gasteiger partial charge in [-0.3, -0.25) is 4.79 Å². The van der Waals surface area contributed by atoms with E-state index < -0.39 is 0 Å². The Morgan fingerprint density at radius 1 is 0.879 bits per heavy atom. The van der Waals surface area contributed by atoms with Crippen LogP contribution in [0.5, 0.6) is 0 Å². The fraction of sp³-hybridized carbons (Fsp3) is 0.759. The summed E-state index contributed by atoms with van der Waals surface area (Å²) in [6.45, 7) is 13.2. The summed E-state index contributed by atoms with van der Waals surface area (Å²) in [6.07, 6.45) is 9.19. The van der Waals surface area contributed by atoms with Crippen LogP contribution in [0.2, 0.25) is 0 Å². The summed E-state index contributed by atoms with van der Waals surface area (Å²) in [5.41, 5.74) is 2.10. The number of carbonyl (C=O) groups is 1. The Hall–Kier alpha value is -1.39. The zero-order chi connectivity index (χ0) is 24.9. The van der Waals surface area contributed by atoms with Crippen LogP contribution in [0.4, 0.5) is 0 Å². The molecule has 33 heavy (non-hydrogen) atoms. The lowest BCUT2D eigenvalue weighted by molar-refractivity contribution is -0.888. The van der Waals surface area contributed by atoms with E-state index in [1.54, 1.807) is 0 Å². The van der Waals surface area contributed by atoms with Crippen LogP contribution in [0.25, 0.3) is 0 Å². The first kappa shape index (κ1) is 29.6. The number of nitrogens with one attached hydrogen (secondary N) is 1. The molecule has 190 valence electrons. The number of benzene rings is 1. The molecule has 1 amide bonds. The van der Waals surface area contributed by atoms with Gasteiger partial charge in [0.1, 0.15) is 0 Å². The summed E-state index contributed by atoms with van der Waals surface area (Å²) >= 11 is 0. The molecule has 1 aromatic carbocycles. The maximum atomic E-state index is 12.5. The molecule has 0 aliphatic carbocycles. The smallest absolute Gasteiger partial charge is 0.251 e. The Labute approximate surface area is 205 Å². The molecule has 0 saturated carbocycles. The number of hydrogen-bond donors (Lipinski definition) is 1. The zero-order valence-electron chi connectivity index (χ0n) is 23.1. The molecule has 0 heterocycles. The standard InChI is InChI=1S/C29H53N3O/c1-24(2)11-9-12-25(3)13-10-14-26(4)23-27-15-17-28(18-16-27)29(33)30-19-21-32(7,8)22-20-31(5)6/h15-18,24-26H,9-14,19-23H2,1-8H3/p+1. The van der Waals surface area contributed by atoms with Gasteiger partial charge in [-0.25, -0.2) is 0 Å². The molecule has 0 bridgehead atoms. The highest BCUT2D eigenvalue weighted by molar-refractivity contribution is 5.94. The maximum absolute atomic E-state index is 12.5. The fourth-order valence-corrected chi connectivity index (χ4v) is 4.29. The Morgan fingerprint density at radius 3 is 2.03 bits per heavy atom. The molecular formula is C29H54N3O+. The van der Waals surface area contributed by atoms with Gasteiger partial charge in [-0.2, -0.15) is 0 Å². The second-order valence-corrected chi connectivity index (χ2v) is 11.8. The minimum atomic E-state index is 0.0358. The summed E-state index contributed by atoms with van der Waals surface area (Å²) in [4.78, 5) is 14.7. The molecule has 0 aliphatic heterocycles. The molecule has 0 aromatic heterocycles. The van der Waals surface area contributed by atoms with Gasteiger partial charge in [-0.1, -0.05) is 78.4 Å². The van der Waals surface area contributed by atoms with Gasteiger partial charge in [0, 0.05) is 12.1 Å². The van der Waals surface area contributed by atoms with Crippen molar-refractivity contribution in [2.45, 2.75) is 72.6 Å². The molecule has 0 spiro atoms. The number of likely N-dealkylation sites (N-methyl/N-ethyl adjacent to an activating group) is 2. The number of nitrogens with zero attached hydrogens (tertiary/aromatic N) is 2. The minimum absolute atomic E-state index is 0.0358. The molecule has 1 aromatic rings. The van der Waals surface area contributed by atoms with E-state index in [1.807, 2.05) is 12.1 Å². The average Bonchev–Trinajstić information content (AvgIpc) is 2.72. The third kappa shape index (κ3) is 14.5. The highest BCUT2D eigenvalue weighted by atomic mass is 16.1. The fourth-order valence-electron chi connectivity index (χ4n) is 4.29. The lowest BCUT2D eigenvalue weighted by atomic mass is 9.91. The molecule has 2 unspecified atom stereocenters. The van der Waals surface area contributed by atoms with Crippen LogP contribution in [0, 0.1) is 17.8 Å². The molecule has 0 saturated heterocycles. The Kier molecular flexibility index (Phi) is 13.9. The van der Waals surface area contributed by atoms with Gasteiger partial charge in [-0.15, -0.1) is 0 Å². The Bertz CT molecular complexity index is 651. The molecular weight excluding hydrogens is 406 g/mol. The molecule has 0 radical (unpaired) electrons. The third-order valence-electron chi connectivity index (χ3n) is 6.83. The van der Waals surface area contributed by atoms with Crippen LogP contribution in [0.15, 0.2) is 24.3 Å². The number of quaternary nitrogens is 1. The number of rotatable bonds is 17. The van der Waals surface area contributed by atoms with Crippen molar-refractivity contribution >= 4 is 5.91 Å². The third-order valence-corrected chi connectivity index (χ3v) is 6.83. The first-order chi connectivity index (χ1) is 15.5. The van der Waals surface area contributed by atoms with Crippen molar-refractivity contribution in [3.63, 3.8) is 0 Å². The topological polar surface area (TPSA) is 32.3 Å². The summed E-state index contributed by atoms with van der Waals surface area (Å²) < 4.78 is 0.909. The van der Waals surface area contributed by atoms with Crippen molar-refractivity contribution in [1.82, 2.24) is 10.2 Å². The van der Waals surface area contributed by atoms with Crippen molar-refractivity contribution in [3.8, 4) is 0 Å². The number of hydrogen-bond acceptors (Lipinski definition) is 2. The van der Waals surface area contributed by atoms with Crippen molar-refractivity contribution in [2.75, 3.05) is 54.4 Å². The van der Waals surface area contributed by atoms with Gasteiger partial charge in [-0.05, 0) is 56.0 Å². The molecule has 2 atom stereocenters. The van der Waals surface area contributed by atoms with E-state index in [0.29, 0.717) is 12.5 Å². The maximum Gasteiger partial charge on any atom is 0.251 e. The lowest BCUT2D eigenvalue weighted by Crippen LogP contribution is -2.48. The largest absolute Gasteiger partial charge is 0.346 e. The summed E-state index contributed by atoms with van der Waals surface area (Å²) in [5.74, 6) is 2.41. The van der Waals surface area contributed by atoms with E-state index in [0.717, 1.165) is 47.9 Å². The van der Waals surface area contributed by atoms with E-state index in [1.165, 1.54) is 44.1 Å². The molecule has 4 heteroatoms. The van der Waals surface area contributed by atoms with E-state index in [4.69, 9.17) is 0 Å². The number of carbonyl (C=O) groups excluding carboxylic acids is 1. The van der Waals surface area contributed by atoms with Gasteiger partial charge in [0.2, 0.25) is 0 Å². The van der Waals surface area contributed by atoms with Crippen LogP contribution in [-0.4, -0.2) is 69.7 Å². The normalized spacial score (nSPS) is 14.0. The first-order valence-electron chi connectivity index (χ1n) is 13.3. The van der Waals surface area contributed by atoms with Crippen LogP contribution in [0.3, 0.4) is 0 Å². The molecule has 0 fully saturated rings. The van der Waals surface area contributed by atoms with E-state index >= 15 is 0 Å². The molecule has 0 aliphatic rings. The van der Waals surface area contributed by atoms with Crippen molar-refractivity contribution in [2.24, 2.45) is 17.8 Å². The lowest BCUT2D eigenvalue weighted by Gasteiger charge is -2.31. The SMILES string of the molecule is CC(C)CCCC(C)CCCC(C)Cc1ccc(C(=O)NCC[N+](C)(C)CCN(C)C)cc1. The second kappa shape index (κ2) is 15.5. The van der Waals surface area contributed by atoms with E-state index in [-0.39, 0.29) is 5.91 Å². The van der Waals surface area contributed by atoms with E-state index in [2.05, 4.69) is 78.2 Å². The predicted octanol–water partition coefficient (Wildman–Crippen LogP) is 5.87. The van der Waals surface area contributed by atoms with Crippen molar-refractivity contribution in [1.29, 1.82) is 0 Å². The van der Waals surface area contributed by atoms with Crippen LogP contribution < -0.4 is 5.32 Å². The van der Waals surface area contributed by atoms with Gasteiger partial charge >= 0.3 is 0 Å². The highest BCUT2D eigenvalue weighted by Gasteiger charge is 2.16. The first-order valence-corrected chi connectivity index (χ1v) is 13.3. The number of amides is 1. The van der Waals surface area contributed by atoms with E-state index in [9.17, 15) is 4.79 Å².